The molecule has 0 aliphatic rings. The highest BCUT2D eigenvalue weighted by molar-refractivity contribution is 7.11. The summed E-state index contributed by atoms with van der Waals surface area (Å²) in [4.78, 5) is 3.49. The maximum absolute atomic E-state index is 12.8. The van der Waals surface area contributed by atoms with E-state index in [0.29, 0.717) is 12.1 Å². The number of hydrogen-bond acceptors (Lipinski definition) is 3. The molecule has 0 bridgehead atoms. The maximum atomic E-state index is 12.8. The monoisotopic (exact) mass is 312 g/mol. The van der Waals surface area contributed by atoms with E-state index in [1.165, 1.54) is 5.38 Å². The van der Waals surface area contributed by atoms with Gasteiger partial charge in [0.25, 0.3) is 5.19 Å². The molecule has 1 aromatic heterocycles. The van der Waals surface area contributed by atoms with Crippen LogP contribution in [0.5, 0.6) is 10.9 Å². The van der Waals surface area contributed by atoms with Gasteiger partial charge in [0.1, 0.15) is 11.9 Å². The van der Waals surface area contributed by atoms with Crippen LogP contribution in [-0.4, -0.2) is 4.98 Å². The molecule has 107 valence electrons. The summed E-state index contributed by atoms with van der Waals surface area (Å²) < 4.78 is 80.5. The molecule has 0 atom stereocenters. The molecule has 20 heavy (non-hydrogen) atoms. The van der Waals surface area contributed by atoms with Crippen LogP contribution in [0, 0.1) is 6.20 Å². The Kier molecular flexibility index (Phi) is 3.63. The quantitative estimate of drug-likeness (QED) is 0.745. The van der Waals surface area contributed by atoms with Gasteiger partial charge in [-0.15, -0.1) is 0 Å². The number of rotatable bonds is 2. The summed E-state index contributed by atoms with van der Waals surface area (Å²) in [6.45, 7) is 0. The van der Waals surface area contributed by atoms with Gasteiger partial charge in [0, 0.05) is 5.38 Å². The first-order valence-corrected chi connectivity index (χ1v) is 5.84. The fourth-order valence-corrected chi connectivity index (χ4v) is 1.79. The number of aromatic nitrogens is 1. The summed E-state index contributed by atoms with van der Waals surface area (Å²) in [6, 6.07) is 1.14. The molecule has 1 radical (unpaired) electrons. The molecule has 2 rings (SSSR count). The Bertz CT molecular complexity index is 590. The minimum atomic E-state index is -4.97. The van der Waals surface area contributed by atoms with E-state index in [1.807, 2.05) is 0 Å². The van der Waals surface area contributed by atoms with Crippen molar-refractivity contribution in [2.75, 3.05) is 0 Å². The van der Waals surface area contributed by atoms with E-state index in [-0.39, 0.29) is 11.3 Å². The third-order valence-electron chi connectivity index (χ3n) is 2.18. The molecule has 0 spiro atoms. The van der Waals surface area contributed by atoms with Crippen LogP contribution in [0.25, 0.3) is 0 Å². The molecular weight excluding hydrogens is 308 g/mol. The SMILES string of the molecule is FC(F)(F)c1ccc(Oc2n[c]cs2)c(C(F)(F)F)c1. The van der Waals surface area contributed by atoms with Crippen LogP contribution in [0.15, 0.2) is 23.6 Å². The van der Waals surface area contributed by atoms with E-state index in [4.69, 9.17) is 4.74 Å². The Labute approximate surface area is 112 Å². The molecule has 0 aliphatic heterocycles. The molecule has 0 N–H and O–H groups in total. The molecular formula is C11H4F6NOS. The zero-order chi connectivity index (χ0) is 15.0. The highest BCUT2D eigenvalue weighted by atomic mass is 32.1. The number of halogens is 6. The van der Waals surface area contributed by atoms with Crippen molar-refractivity contribution in [3.8, 4) is 10.9 Å². The second-order valence-electron chi connectivity index (χ2n) is 3.55. The molecule has 0 saturated heterocycles. The third kappa shape index (κ3) is 3.21. The van der Waals surface area contributed by atoms with Gasteiger partial charge < -0.3 is 4.74 Å². The van der Waals surface area contributed by atoms with Crippen LogP contribution in [0.1, 0.15) is 11.1 Å². The van der Waals surface area contributed by atoms with Gasteiger partial charge in [0.2, 0.25) is 0 Å². The number of nitrogens with zero attached hydrogens (tertiary/aromatic N) is 1. The topological polar surface area (TPSA) is 22.1 Å². The number of hydrogen-bond donors (Lipinski definition) is 0. The van der Waals surface area contributed by atoms with Gasteiger partial charge in [-0.1, -0.05) is 11.3 Å². The molecule has 9 heteroatoms. The van der Waals surface area contributed by atoms with E-state index in [0.717, 1.165) is 11.3 Å². The predicted molar refractivity (Wildman–Crippen MR) is 57.5 cm³/mol. The van der Waals surface area contributed by atoms with Crippen molar-refractivity contribution in [1.29, 1.82) is 0 Å². The fourth-order valence-electron chi connectivity index (χ4n) is 1.34. The first kappa shape index (κ1) is 14.6. The minimum absolute atomic E-state index is 0.00660. The maximum Gasteiger partial charge on any atom is 0.420 e. The minimum Gasteiger partial charge on any atom is -0.430 e. The number of benzene rings is 1. The molecule has 2 nitrogen and oxygen atoms in total. The Balaban J connectivity index is 2.46. The summed E-state index contributed by atoms with van der Waals surface area (Å²) in [6.07, 6.45) is -7.52. The molecule has 0 aliphatic carbocycles. The van der Waals surface area contributed by atoms with E-state index >= 15 is 0 Å². The lowest BCUT2D eigenvalue weighted by Gasteiger charge is -2.15. The first-order valence-electron chi connectivity index (χ1n) is 4.96. The number of alkyl halides is 6. The summed E-state index contributed by atoms with van der Waals surface area (Å²) in [7, 11) is 0. The Morgan fingerprint density at radius 3 is 2.25 bits per heavy atom. The Hall–Kier alpha value is -1.77. The van der Waals surface area contributed by atoms with Gasteiger partial charge in [-0.25, -0.2) is 4.98 Å². The van der Waals surface area contributed by atoms with Gasteiger partial charge in [-0.2, -0.15) is 26.3 Å². The zero-order valence-corrected chi connectivity index (χ0v) is 10.2. The number of thiazole rings is 1. The van der Waals surface area contributed by atoms with Crippen molar-refractivity contribution in [2.45, 2.75) is 12.4 Å². The lowest BCUT2D eigenvalue weighted by molar-refractivity contribution is -0.143. The smallest absolute Gasteiger partial charge is 0.420 e. The number of ether oxygens (including phenoxy) is 1. The molecule has 0 saturated carbocycles. The molecule has 1 heterocycles. The fraction of sp³-hybridized carbons (Fsp3) is 0.182. The van der Waals surface area contributed by atoms with E-state index in [9.17, 15) is 26.3 Å². The Morgan fingerprint density at radius 2 is 1.75 bits per heavy atom. The second-order valence-corrected chi connectivity index (χ2v) is 4.37. The molecule has 0 amide bonds. The predicted octanol–water partition coefficient (Wildman–Crippen LogP) is 4.77. The van der Waals surface area contributed by atoms with E-state index < -0.39 is 29.2 Å². The largest absolute Gasteiger partial charge is 0.430 e. The van der Waals surface area contributed by atoms with Crippen LogP contribution >= 0.6 is 11.3 Å². The summed E-state index contributed by atoms with van der Waals surface area (Å²) in [5.41, 5.74) is -2.91. The van der Waals surface area contributed by atoms with E-state index in [1.54, 1.807) is 0 Å². The lowest BCUT2D eigenvalue weighted by atomic mass is 10.1. The van der Waals surface area contributed by atoms with Crippen molar-refractivity contribution < 1.29 is 31.1 Å². The Morgan fingerprint density at radius 1 is 1.05 bits per heavy atom. The molecule has 2 aromatic rings. The normalized spacial score (nSPS) is 12.5. The highest BCUT2D eigenvalue weighted by Crippen LogP contribution is 2.41. The first-order chi connectivity index (χ1) is 9.18. The molecule has 0 fully saturated rings. The van der Waals surface area contributed by atoms with Gasteiger partial charge >= 0.3 is 12.4 Å². The summed E-state index contributed by atoms with van der Waals surface area (Å²) in [5.74, 6) is -0.742. The highest BCUT2D eigenvalue weighted by Gasteiger charge is 2.39. The average molecular weight is 312 g/mol. The van der Waals surface area contributed by atoms with Crippen molar-refractivity contribution in [1.82, 2.24) is 4.98 Å². The van der Waals surface area contributed by atoms with Crippen LogP contribution in [0.4, 0.5) is 26.3 Å². The van der Waals surface area contributed by atoms with Crippen LogP contribution in [-0.2, 0) is 12.4 Å². The summed E-state index contributed by atoms with van der Waals surface area (Å²) >= 11 is 0.868. The standard InChI is InChI=1S/C11H4F6NOS/c12-10(13,14)6-1-2-8(7(5-6)11(15,16)17)19-9-18-3-4-20-9/h1-2,4-5H. The van der Waals surface area contributed by atoms with Crippen molar-refractivity contribution >= 4 is 11.3 Å². The van der Waals surface area contributed by atoms with Crippen LogP contribution in [0.2, 0.25) is 0 Å². The molecule has 1 aromatic carbocycles. The van der Waals surface area contributed by atoms with Gasteiger partial charge in [-0.05, 0) is 18.2 Å². The van der Waals surface area contributed by atoms with Crippen molar-refractivity contribution in [2.24, 2.45) is 0 Å². The summed E-state index contributed by atoms with van der Waals surface area (Å²) in [5, 5.41) is 1.20. The lowest BCUT2D eigenvalue weighted by Crippen LogP contribution is -2.11. The van der Waals surface area contributed by atoms with Gasteiger partial charge in [-0.3, -0.25) is 0 Å². The third-order valence-corrected chi connectivity index (χ3v) is 2.78. The zero-order valence-electron chi connectivity index (χ0n) is 9.34. The van der Waals surface area contributed by atoms with Crippen LogP contribution in [0.3, 0.4) is 0 Å². The second kappa shape index (κ2) is 4.97. The van der Waals surface area contributed by atoms with Crippen LogP contribution < -0.4 is 4.74 Å². The average Bonchev–Trinajstić information content (AvgIpc) is 2.79. The molecule has 0 unspecified atom stereocenters. The van der Waals surface area contributed by atoms with Gasteiger partial charge in [0.15, 0.2) is 0 Å². The van der Waals surface area contributed by atoms with E-state index in [2.05, 4.69) is 11.2 Å². The van der Waals surface area contributed by atoms with Crippen molar-refractivity contribution in [3.05, 3.63) is 40.9 Å². The van der Waals surface area contributed by atoms with Crippen molar-refractivity contribution in [3.63, 3.8) is 0 Å². The van der Waals surface area contributed by atoms with Gasteiger partial charge in [0.05, 0.1) is 11.1 Å².